The Bertz CT molecular complexity index is 1550. The minimum absolute atomic E-state index is 0.00374. The number of hydrogen-bond donors (Lipinski definition) is 4. The van der Waals surface area contributed by atoms with Crippen LogP contribution in [0.5, 0.6) is 5.75 Å². The number of H-pyrrole nitrogens is 1. The molecule has 0 saturated heterocycles. The average Bonchev–Trinajstić information content (AvgIpc) is 3.44. The van der Waals surface area contributed by atoms with Crippen molar-refractivity contribution < 1.29 is 23.8 Å². The Morgan fingerprint density at radius 3 is 2.70 bits per heavy atom. The standard InChI is InChI=1S/C27H26FN5O4/c1-14-8-19-18(30-11-14)10-20(32-19)24(34)31-12-27(3,36)21-9-17-23(37-13-26(17,2)25(29)35)22(33-21)15-4-6-16(28)7-5-15/h4-11,32,36H,12-13H2,1-3H3,(H2,29,35)(H,31,34)/t26-,27-/m0/s1. The van der Waals surface area contributed by atoms with Crippen molar-refractivity contribution in [1.29, 1.82) is 0 Å². The molecular weight excluding hydrogens is 477 g/mol. The highest BCUT2D eigenvalue weighted by atomic mass is 19.1. The summed E-state index contributed by atoms with van der Waals surface area (Å²) in [7, 11) is 0. The minimum Gasteiger partial charge on any atom is -0.489 e. The van der Waals surface area contributed by atoms with Gasteiger partial charge in [0.15, 0.2) is 0 Å². The van der Waals surface area contributed by atoms with Gasteiger partial charge in [0.1, 0.15) is 40.6 Å². The maximum absolute atomic E-state index is 13.6. The van der Waals surface area contributed by atoms with Gasteiger partial charge in [0.25, 0.3) is 5.91 Å². The Morgan fingerprint density at radius 2 is 2.00 bits per heavy atom. The number of primary amides is 1. The normalized spacial score (nSPS) is 18.2. The van der Waals surface area contributed by atoms with Crippen LogP contribution in [0.15, 0.2) is 48.7 Å². The Kier molecular flexibility index (Phi) is 5.71. The van der Waals surface area contributed by atoms with Crippen molar-refractivity contribution in [2.45, 2.75) is 31.8 Å². The van der Waals surface area contributed by atoms with E-state index in [0.717, 1.165) is 11.1 Å². The molecule has 5 N–H and O–H groups in total. The summed E-state index contributed by atoms with van der Waals surface area (Å²) in [6.07, 6.45) is 1.71. The lowest BCUT2D eigenvalue weighted by Crippen LogP contribution is -2.41. The molecular formula is C27H26FN5O4. The number of nitrogens with two attached hydrogens (primary N) is 1. The van der Waals surface area contributed by atoms with Crippen LogP contribution < -0.4 is 15.8 Å². The van der Waals surface area contributed by atoms with E-state index in [4.69, 9.17) is 10.5 Å². The third kappa shape index (κ3) is 4.29. The van der Waals surface area contributed by atoms with E-state index in [0.29, 0.717) is 33.8 Å². The number of aryl methyl sites for hydroxylation is 1. The molecule has 2 atom stereocenters. The number of benzene rings is 1. The van der Waals surface area contributed by atoms with Gasteiger partial charge < -0.3 is 25.9 Å². The molecule has 9 nitrogen and oxygen atoms in total. The molecule has 5 rings (SSSR count). The zero-order chi connectivity index (χ0) is 26.5. The largest absolute Gasteiger partial charge is 0.489 e. The summed E-state index contributed by atoms with van der Waals surface area (Å²) in [4.78, 5) is 37.2. The molecule has 0 spiro atoms. The van der Waals surface area contributed by atoms with E-state index in [1.54, 1.807) is 25.3 Å². The van der Waals surface area contributed by atoms with Crippen LogP contribution in [0.1, 0.15) is 41.2 Å². The van der Waals surface area contributed by atoms with Crippen molar-refractivity contribution in [3.05, 3.63) is 77.0 Å². The van der Waals surface area contributed by atoms with Crippen molar-refractivity contribution >= 4 is 22.8 Å². The fourth-order valence-electron chi connectivity index (χ4n) is 4.34. The van der Waals surface area contributed by atoms with Gasteiger partial charge in [-0.05, 0) is 68.8 Å². The van der Waals surface area contributed by atoms with E-state index in [9.17, 15) is 19.1 Å². The molecule has 2 amide bonds. The number of ether oxygens (including phenoxy) is 1. The second kappa shape index (κ2) is 8.67. The molecule has 0 saturated carbocycles. The highest BCUT2D eigenvalue weighted by Crippen LogP contribution is 2.45. The number of nitrogens with one attached hydrogen (secondary N) is 2. The van der Waals surface area contributed by atoms with Crippen molar-refractivity contribution in [2.24, 2.45) is 5.73 Å². The van der Waals surface area contributed by atoms with E-state index >= 15 is 0 Å². The van der Waals surface area contributed by atoms with Crippen molar-refractivity contribution in [3.63, 3.8) is 0 Å². The van der Waals surface area contributed by atoms with E-state index in [1.165, 1.54) is 31.2 Å². The molecule has 1 aliphatic rings. The molecule has 0 unspecified atom stereocenters. The quantitative estimate of drug-likeness (QED) is 0.319. The molecule has 1 aliphatic heterocycles. The zero-order valence-corrected chi connectivity index (χ0v) is 20.6. The number of aromatic amines is 1. The number of pyridine rings is 2. The number of nitrogens with zero attached hydrogens (tertiary/aromatic N) is 2. The van der Waals surface area contributed by atoms with Gasteiger partial charge in [0, 0.05) is 17.3 Å². The summed E-state index contributed by atoms with van der Waals surface area (Å²) in [6, 6.07) is 10.7. The number of fused-ring (bicyclic) bond motifs is 2. The molecule has 37 heavy (non-hydrogen) atoms. The highest BCUT2D eigenvalue weighted by Gasteiger charge is 2.45. The van der Waals surface area contributed by atoms with Crippen LogP contribution in [0, 0.1) is 12.7 Å². The smallest absolute Gasteiger partial charge is 0.267 e. The van der Waals surface area contributed by atoms with Gasteiger partial charge in [-0.25, -0.2) is 9.37 Å². The molecule has 4 heterocycles. The Labute approximate surface area is 211 Å². The van der Waals surface area contributed by atoms with Crippen LogP contribution in [0.3, 0.4) is 0 Å². The highest BCUT2D eigenvalue weighted by molar-refractivity contribution is 5.97. The second-order valence-corrected chi connectivity index (χ2v) is 9.81. The van der Waals surface area contributed by atoms with Gasteiger partial charge in [0.05, 0.1) is 23.3 Å². The van der Waals surface area contributed by atoms with Crippen molar-refractivity contribution in [3.8, 4) is 17.0 Å². The Morgan fingerprint density at radius 1 is 1.27 bits per heavy atom. The van der Waals surface area contributed by atoms with Gasteiger partial charge >= 0.3 is 0 Å². The van der Waals surface area contributed by atoms with Crippen LogP contribution in [0.25, 0.3) is 22.3 Å². The van der Waals surface area contributed by atoms with Gasteiger partial charge in [-0.1, -0.05) is 0 Å². The number of hydrogen-bond acceptors (Lipinski definition) is 6. The first-order valence-corrected chi connectivity index (χ1v) is 11.7. The lowest BCUT2D eigenvalue weighted by Gasteiger charge is -2.26. The summed E-state index contributed by atoms with van der Waals surface area (Å²) < 4.78 is 19.4. The average molecular weight is 504 g/mol. The van der Waals surface area contributed by atoms with E-state index in [-0.39, 0.29) is 18.8 Å². The number of aliphatic hydroxyl groups is 1. The molecule has 1 aromatic carbocycles. The van der Waals surface area contributed by atoms with Gasteiger partial charge in [-0.15, -0.1) is 0 Å². The number of carbonyl (C=O) groups excluding carboxylic acids is 2. The molecule has 10 heteroatoms. The van der Waals surface area contributed by atoms with Crippen LogP contribution in [0.2, 0.25) is 0 Å². The maximum Gasteiger partial charge on any atom is 0.267 e. The topological polar surface area (TPSA) is 143 Å². The summed E-state index contributed by atoms with van der Waals surface area (Å²) in [5, 5.41) is 14.1. The lowest BCUT2D eigenvalue weighted by molar-refractivity contribution is -0.123. The third-order valence-electron chi connectivity index (χ3n) is 6.73. The Hall–Kier alpha value is -4.31. The summed E-state index contributed by atoms with van der Waals surface area (Å²) in [6.45, 7) is 4.88. The minimum atomic E-state index is -1.64. The first kappa shape index (κ1) is 24.4. The number of carbonyl (C=O) groups is 2. The molecule has 0 fully saturated rings. The second-order valence-electron chi connectivity index (χ2n) is 9.81. The summed E-state index contributed by atoms with van der Waals surface area (Å²) in [5.74, 6) is -1.10. The van der Waals surface area contributed by atoms with Crippen LogP contribution in [-0.2, 0) is 15.8 Å². The predicted octanol–water partition coefficient (Wildman–Crippen LogP) is 2.85. The first-order valence-electron chi connectivity index (χ1n) is 11.7. The van der Waals surface area contributed by atoms with Crippen molar-refractivity contribution in [1.82, 2.24) is 20.3 Å². The third-order valence-corrected chi connectivity index (χ3v) is 6.73. The van der Waals surface area contributed by atoms with Crippen LogP contribution in [-0.4, -0.2) is 45.0 Å². The van der Waals surface area contributed by atoms with E-state index in [2.05, 4.69) is 20.3 Å². The number of rotatable bonds is 6. The fourth-order valence-corrected chi connectivity index (χ4v) is 4.34. The number of halogens is 1. The van der Waals surface area contributed by atoms with Crippen LogP contribution in [0.4, 0.5) is 4.39 Å². The molecule has 4 aromatic rings. The molecule has 0 aliphatic carbocycles. The Balaban J connectivity index is 1.49. The number of amides is 2. The zero-order valence-electron chi connectivity index (χ0n) is 20.6. The van der Waals surface area contributed by atoms with E-state index < -0.39 is 28.6 Å². The summed E-state index contributed by atoms with van der Waals surface area (Å²) in [5.41, 5.74) is 7.07. The first-order chi connectivity index (χ1) is 17.5. The van der Waals surface area contributed by atoms with Gasteiger partial charge in [-0.2, -0.15) is 0 Å². The molecule has 190 valence electrons. The predicted molar refractivity (Wildman–Crippen MR) is 134 cm³/mol. The summed E-state index contributed by atoms with van der Waals surface area (Å²) >= 11 is 0. The number of aromatic nitrogens is 3. The van der Waals surface area contributed by atoms with Crippen LogP contribution >= 0.6 is 0 Å². The monoisotopic (exact) mass is 503 g/mol. The maximum atomic E-state index is 13.6. The lowest BCUT2D eigenvalue weighted by atomic mass is 9.82. The van der Waals surface area contributed by atoms with E-state index in [1.807, 2.05) is 13.0 Å². The van der Waals surface area contributed by atoms with Gasteiger partial charge in [-0.3, -0.25) is 14.6 Å². The molecule has 0 bridgehead atoms. The molecule has 0 radical (unpaired) electrons. The fraction of sp³-hybridized carbons (Fsp3) is 0.259. The SMILES string of the molecule is Cc1cnc2cc(C(=O)NC[C@](C)(O)c3cc4c(c(-c5ccc(F)cc5)n3)OC[C@]4(C)C(N)=O)[nH]c2c1. The van der Waals surface area contributed by atoms with Gasteiger partial charge in [0.2, 0.25) is 5.91 Å². The molecule has 3 aromatic heterocycles. The van der Waals surface area contributed by atoms with Crippen molar-refractivity contribution in [2.75, 3.05) is 13.2 Å².